The number of esters is 3. The predicted octanol–water partition coefficient (Wildman–Crippen LogP) is 21.7. The van der Waals surface area contributed by atoms with Crippen LogP contribution in [0, 0.1) is 0 Å². The molecule has 0 aromatic carbocycles. The molecule has 1 unspecified atom stereocenters. The fourth-order valence-electron chi connectivity index (χ4n) is 7.81. The second-order valence-corrected chi connectivity index (χ2v) is 19.8. The van der Waals surface area contributed by atoms with E-state index in [2.05, 4.69) is 203 Å². The van der Waals surface area contributed by atoms with Crippen molar-refractivity contribution in [2.24, 2.45) is 0 Å². The van der Waals surface area contributed by atoms with Crippen LogP contribution >= 0.6 is 0 Å². The summed E-state index contributed by atoms with van der Waals surface area (Å²) in [5.74, 6) is -1.01. The maximum absolute atomic E-state index is 12.9. The number of ether oxygens (including phenoxy) is 3. The molecule has 6 nitrogen and oxygen atoms in total. The van der Waals surface area contributed by atoms with Crippen molar-refractivity contribution in [2.45, 2.75) is 245 Å². The van der Waals surface area contributed by atoms with Gasteiger partial charge < -0.3 is 14.2 Å². The van der Waals surface area contributed by atoms with E-state index in [-0.39, 0.29) is 37.5 Å². The minimum atomic E-state index is -0.829. The molecular formula is C73H112O6. The first-order chi connectivity index (χ1) is 39.0. The molecule has 0 radical (unpaired) electrons. The maximum Gasteiger partial charge on any atom is 0.306 e. The lowest BCUT2D eigenvalue weighted by Gasteiger charge is -2.18. The van der Waals surface area contributed by atoms with Crippen molar-refractivity contribution in [3.05, 3.63) is 182 Å². The molecule has 6 heteroatoms. The number of allylic oxidation sites excluding steroid dienone is 30. The van der Waals surface area contributed by atoms with Gasteiger partial charge in [-0.15, -0.1) is 0 Å². The average Bonchev–Trinajstić information content (AvgIpc) is 3.45. The summed E-state index contributed by atoms with van der Waals surface area (Å²) >= 11 is 0. The van der Waals surface area contributed by atoms with Gasteiger partial charge in [0.25, 0.3) is 0 Å². The van der Waals surface area contributed by atoms with E-state index in [1.54, 1.807) is 0 Å². The van der Waals surface area contributed by atoms with Gasteiger partial charge in [-0.1, -0.05) is 248 Å². The largest absolute Gasteiger partial charge is 0.462 e. The third kappa shape index (κ3) is 63.2. The predicted molar refractivity (Wildman–Crippen MR) is 343 cm³/mol. The summed E-state index contributed by atoms with van der Waals surface area (Å²) in [6.45, 7) is 6.22. The second kappa shape index (κ2) is 65.0. The van der Waals surface area contributed by atoms with Gasteiger partial charge in [0.2, 0.25) is 0 Å². The van der Waals surface area contributed by atoms with E-state index in [1.165, 1.54) is 25.7 Å². The highest BCUT2D eigenvalue weighted by molar-refractivity contribution is 5.71. The number of rotatable bonds is 54. The Bertz CT molecular complexity index is 1870. The van der Waals surface area contributed by atoms with Gasteiger partial charge in [-0.3, -0.25) is 14.4 Å². The minimum absolute atomic E-state index is 0.119. The summed E-state index contributed by atoms with van der Waals surface area (Å²) < 4.78 is 16.9. The van der Waals surface area contributed by atoms with E-state index in [1.807, 2.05) is 0 Å². The van der Waals surface area contributed by atoms with Crippen molar-refractivity contribution in [1.82, 2.24) is 0 Å². The van der Waals surface area contributed by atoms with E-state index in [9.17, 15) is 14.4 Å². The van der Waals surface area contributed by atoms with Gasteiger partial charge in [0.15, 0.2) is 6.10 Å². The summed E-state index contributed by atoms with van der Waals surface area (Å²) in [6, 6.07) is 0. The molecule has 0 fully saturated rings. The molecule has 1 atom stereocenters. The van der Waals surface area contributed by atoms with Crippen molar-refractivity contribution in [2.75, 3.05) is 13.2 Å². The van der Waals surface area contributed by atoms with Crippen molar-refractivity contribution in [3.8, 4) is 0 Å². The Hall–Kier alpha value is -5.49. The molecule has 0 saturated carbocycles. The van der Waals surface area contributed by atoms with E-state index in [0.717, 1.165) is 167 Å². The van der Waals surface area contributed by atoms with Crippen LogP contribution in [0.25, 0.3) is 0 Å². The Balaban J connectivity index is 4.58. The van der Waals surface area contributed by atoms with Gasteiger partial charge in [0, 0.05) is 19.3 Å². The Morgan fingerprint density at radius 3 is 0.734 bits per heavy atom. The Kier molecular flexibility index (Phi) is 60.5. The zero-order valence-electron chi connectivity index (χ0n) is 50.3. The van der Waals surface area contributed by atoms with Gasteiger partial charge in [0.05, 0.1) is 0 Å². The molecule has 0 bridgehead atoms. The fraction of sp³-hybridized carbons (Fsp3) is 0.548. The van der Waals surface area contributed by atoms with Crippen LogP contribution in [0.5, 0.6) is 0 Å². The highest BCUT2D eigenvalue weighted by Crippen LogP contribution is 2.13. The average molecular weight is 1090 g/mol. The summed E-state index contributed by atoms with van der Waals surface area (Å²) in [7, 11) is 0. The molecule has 440 valence electrons. The molecule has 0 aromatic heterocycles. The van der Waals surface area contributed by atoms with Crippen LogP contribution < -0.4 is 0 Å². The lowest BCUT2D eigenvalue weighted by molar-refractivity contribution is -0.167. The third-order valence-corrected chi connectivity index (χ3v) is 12.4. The van der Waals surface area contributed by atoms with Crippen LogP contribution in [0.1, 0.15) is 239 Å². The maximum atomic E-state index is 12.9. The zero-order chi connectivity index (χ0) is 57.1. The lowest BCUT2D eigenvalue weighted by atomic mass is 10.1. The standard InChI is InChI=1S/C73H112O6/c1-4-7-10-13-16-19-22-25-28-31-33-35-36-38-39-42-45-48-51-54-57-60-63-66-72(75)78-69-70(68-77-71(74)65-62-59-56-53-50-47-44-41-30-27-24-21-18-15-12-9-6-3)79-73(76)67-64-61-58-55-52-49-46-43-40-37-34-32-29-26-23-20-17-14-11-8-5-2/h7-12,16-21,25-30,33-35,37-39,43,45-46,48,52,55,70H,4-6,13-15,22-24,31-32,36,40-42,44,47,49-51,53-54,56-69H2,1-3H3/b10-7-,11-8-,12-9-,19-16-,20-17-,21-18-,28-25-,29-26-,30-27-,35-33-,37-34-,39-38-,46-43-,48-45-,55-52-. The van der Waals surface area contributed by atoms with Gasteiger partial charge in [-0.2, -0.15) is 0 Å². The molecule has 79 heavy (non-hydrogen) atoms. The molecule has 0 N–H and O–H groups in total. The highest BCUT2D eigenvalue weighted by Gasteiger charge is 2.19. The van der Waals surface area contributed by atoms with Gasteiger partial charge in [-0.25, -0.2) is 0 Å². The quantitative estimate of drug-likeness (QED) is 0.0261. The summed E-state index contributed by atoms with van der Waals surface area (Å²) in [4.78, 5) is 38.3. The van der Waals surface area contributed by atoms with Gasteiger partial charge in [0.1, 0.15) is 13.2 Å². The second-order valence-electron chi connectivity index (χ2n) is 19.8. The summed E-state index contributed by atoms with van der Waals surface area (Å²) in [5.41, 5.74) is 0. The molecule has 0 saturated heterocycles. The highest BCUT2D eigenvalue weighted by atomic mass is 16.6. The number of carbonyl (C=O) groups excluding carboxylic acids is 3. The topological polar surface area (TPSA) is 78.9 Å². The van der Waals surface area contributed by atoms with Crippen LogP contribution in [0.4, 0.5) is 0 Å². The first-order valence-electron chi connectivity index (χ1n) is 31.3. The van der Waals surface area contributed by atoms with Crippen molar-refractivity contribution in [3.63, 3.8) is 0 Å². The van der Waals surface area contributed by atoms with E-state index in [0.29, 0.717) is 19.3 Å². The van der Waals surface area contributed by atoms with Gasteiger partial charge >= 0.3 is 17.9 Å². The SMILES string of the molecule is CC/C=C\C/C=C\C/C=C\C/C=C\C/C=C\C/C=C\CCCCCCC(=O)OCC(COC(=O)CCCCCCCCC/C=C\C/C=C\C/C=C\CC)OC(=O)CCCC/C=C\C/C=C\C/C=C\C/C=C\C/C=C\C/C=C\CC. The normalized spacial score (nSPS) is 13.4. The van der Waals surface area contributed by atoms with E-state index in [4.69, 9.17) is 14.2 Å². The number of carbonyl (C=O) groups is 3. The molecule has 0 amide bonds. The molecule has 0 heterocycles. The summed E-state index contributed by atoms with van der Waals surface area (Å²) in [6.07, 6.45) is 97.4. The van der Waals surface area contributed by atoms with Gasteiger partial charge in [-0.05, 0) is 154 Å². The van der Waals surface area contributed by atoms with Crippen LogP contribution in [-0.2, 0) is 28.6 Å². The first kappa shape index (κ1) is 73.5. The number of hydrogen-bond donors (Lipinski definition) is 0. The monoisotopic (exact) mass is 1080 g/mol. The van der Waals surface area contributed by atoms with Crippen LogP contribution in [0.2, 0.25) is 0 Å². The van der Waals surface area contributed by atoms with Crippen molar-refractivity contribution >= 4 is 17.9 Å². The first-order valence-corrected chi connectivity index (χ1v) is 31.3. The van der Waals surface area contributed by atoms with Crippen LogP contribution in [0.15, 0.2) is 182 Å². The smallest absolute Gasteiger partial charge is 0.306 e. The van der Waals surface area contributed by atoms with Crippen molar-refractivity contribution < 1.29 is 28.6 Å². The van der Waals surface area contributed by atoms with E-state index >= 15 is 0 Å². The zero-order valence-corrected chi connectivity index (χ0v) is 50.3. The minimum Gasteiger partial charge on any atom is -0.462 e. The van der Waals surface area contributed by atoms with Crippen LogP contribution in [-0.4, -0.2) is 37.2 Å². The lowest BCUT2D eigenvalue weighted by Crippen LogP contribution is -2.30. The molecule has 0 rings (SSSR count). The molecule has 0 aliphatic rings. The molecule has 0 spiro atoms. The molecule has 0 aliphatic heterocycles. The van der Waals surface area contributed by atoms with E-state index < -0.39 is 6.10 Å². The van der Waals surface area contributed by atoms with Crippen molar-refractivity contribution in [1.29, 1.82) is 0 Å². The van der Waals surface area contributed by atoms with Crippen LogP contribution in [0.3, 0.4) is 0 Å². The molecular weight excluding hydrogens is 973 g/mol. The number of hydrogen-bond acceptors (Lipinski definition) is 6. The Labute approximate surface area is 484 Å². The third-order valence-electron chi connectivity index (χ3n) is 12.4. The summed E-state index contributed by atoms with van der Waals surface area (Å²) in [5, 5.41) is 0. The molecule has 0 aromatic rings. The Morgan fingerprint density at radius 1 is 0.253 bits per heavy atom. The fourth-order valence-corrected chi connectivity index (χ4v) is 7.81. The molecule has 0 aliphatic carbocycles. The Morgan fingerprint density at radius 2 is 0.456 bits per heavy atom. The number of unbranched alkanes of at least 4 members (excludes halogenated alkanes) is 13.